The van der Waals surface area contributed by atoms with E-state index in [9.17, 15) is 0 Å². The van der Waals surface area contributed by atoms with Crippen molar-refractivity contribution < 1.29 is 0 Å². The number of nitrogens with zero attached hydrogens (tertiary/aromatic N) is 1. The van der Waals surface area contributed by atoms with Gasteiger partial charge in [0.2, 0.25) is 0 Å². The third kappa shape index (κ3) is 4.17. The number of nitrogens with one attached hydrogen (secondary N) is 1. The summed E-state index contributed by atoms with van der Waals surface area (Å²) in [5.74, 6) is 0. The molecule has 0 radical (unpaired) electrons. The lowest BCUT2D eigenvalue weighted by atomic mass is 10.1. The van der Waals surface area contributed by atoms with Crippen LogP contribution in [0, 0.1) is 13.8 Å². The average Bonchev–Trinajstić information content (AvgIpc) is 2.72. The van der Waals surface area contributed by atoms with Gasteiger partial charge >= 0.3 is 0 Å². The second kappa shape index (κ2) is 8.18. The predicted molar refractivity (Wildman–Crippen MR) is 121 cm³/mol. The van der Waals surface area contributed by atoms with Crippen molar-refractivity contribution in [3.63, 3.8) is 0 Å². The van der Waals surface area contributed by atoms with Crippen LogP contribution in [0.5, 0.6) is 0 Å². The van der Waals surface area contributed by atoms with Gasteiger partial charge in [0.05, 0.1) is 0 Å². The van der Waals surface area contributed by atoms with Gasteiger partial charge in [0, 0.05) is 28.4 Å². The van der Waals surface area contributed by atoms with Crippen molar-refractivity contribution in [1.82, 2.24) is 0 Å². The van der Waals surface area contributed by atoms with Crippen LogP contribution in [0.3, 0.4) is 0 Å². The fourth-order valence-electron chi connectivity index (χ4n) is 3.53. The molecule has 0 aliphatic heterocycles. The minimum absolute atomic E-state index is 1.05. The fraction of sp³-hybridized carbons (Fsp3) is 0.154. The van der Waals surface area contributed by atoms with E-state index in [0.717, 1.165) is 24.2 Å². The van der Waals surface area contributed by atoms with Crippen LogP contribution >= 0.6 is 0 Å². The van der Waals surface area contributed by atoms with Crippen LogP contribution in [0.15, 0.2) is 96.7 Å². The van der Waals surface area contributed by atoms with E-state index in [1.165, 1.54) is 28.2 Å². The second-order valence-corrected chi connectivity index (χ2v) is 7.34. The van der Waals surface area contributed by atoms with Gasteiger partial charge in [-0.15, -0.1) is 0 Å². The third-order valence-electron chi connectivity index (χ3n) is 5.00. The monoisotopic (exact) mass is 366 g/mol. The highest BCUT2D eigenvalue weighted by Crippen LogP contribution is 2.34. The summed E-state index contributed by atoms with van der Waals surface area (Å²) in [6.07, 6.45) is 8.75. The van der Waals surface area contributed by atoms with Gasteiger partial charge in [-0.2, -0.15) is 0 Å². The molecule has 2 heteroatoms. The molecule has 0 amide bonds. The van der Waals surface area contributed by atoms with Crippen LogP contribution in [0.1, 0.15) is 24.0 Å². The smallest absolute Gasteiger partial charge is 0.0459 e. The van der Waals surface area contributed by atoms with Crippen molar-refractivity contribution in [2.75, 3.05) is 10.2 Å². The van der Waals surface area contributed by atoms with Crippen LogP contribution in [0.2, 0.25) is 0 Å². The topological polar surface area (TPSA) is 15.3 Å². The van der Waals surface area contributed by atoms with Crippen molar-refractivity contribution in [3.8, 4) is 0 Å². The summed E-state index contributed by atoms with van der Waals surface area (Å²) in [6, 6.07) is 25.9. The Hall–Kier alpha value is -3.26. The lowest BCUT2D eigenvalue weighted by Crippen LogP contribution is -2.17. The summed E-state index contributed by atoms with van der Waals surface area (Å²) >= 11 is 0. The lowest BCUT2D eigenvalue weighted by molar-refractivity contribution is 0.917. The maximum atomic E-state index is 3.49. The van der Waals surface area contributed by atoms with E-state index >= 15 is 0 Å². The van der Waals surface area contributed by atoms with Gasteiger partial charge in [-0.1, -0.05) is 42.0 Å². The van der Waals surface area contributed by atoms with Crippen LogP contribution in [0.25, 0.3) is 0 Å². The van der Waals surface area contributed by atoms with Crippen molar-refractivity contribution >= 4 is 22.7 Å². The number of anilines is 4. The zero-order valence-corrected chi connectivity index (χ0v) is 16.5. The maximum Gasteiger partial charge on any atom is 0.0459 e. The highest BCUT2D eigenvalue weighted by Gasteiger charge is 2.15. The largest absolute Gasteiger partial charge is 0.356 e. The van der Waals surface area contributed by atoms with Gasteiger partial charge < -0.3 is 10.2 Å². The first-order valence-electron chi connectivity index (χ1n) is 9.85. The van der Waals surface area contributed by atoms with Crippen molar-refractivity contribution in [3.05, 3.63) is 108 Å². The number of allylic oxidation sites excluding steroid dienone is 4. The van der Waals surface area contributed by atoms with Crippen molar-refractivity contribution in [2.45, 2.75) is 26.7 Å². The van der Waals surface area contributed by atoms with E-state index < -0.39 is 0 Å². The molecule has 0 aromatic heterocycles. The fourth-order valence-corrected chi connectivity index (χ4v) is 3.53. The quantitative estimate of drug-likeness (QED) is 0.505. The van der Waals surface area contributed by atoms with Gasteiger partial charge in [0.15, 0.2) is 0 Å². The number of benzene rings is 3. The number of aryl methyl sites for hydroxylation is 2. The number of hydrogen-bond acceptors (Lipinski definition) is 2. The van der Waals surface area contributed by atoms with Gasteiger partial charge in [-0.25, -0.2) is 0 Å². The number of rotatable bonds is 5. The SMILES string of the molecule is Cc1ccc(N(C2=CC=CCC2)c2ccc(Nc3cccc(C)c3)cc2)cc1. The molecular formula is C26H26N2. The average molecular weight is 367 g/mol. The Morgan fingerprint density at radius 1 is 0.750 bits per heavy atom. The Morgan fingerprint density at radius 2 is 1.46 bits per heavy atom. The molecule has 28 heavy (non-hydrogen) atoms. The molecule has 140 valence electrons. The van der Waals surface area contributed by atoms with E-state index in [2.05, 4.69) is 115 Å². The van der Waals surface area contributed by atoms with Gasteiger partial charge in [0.25, 0.3) is 0 Å². The zero-order valence-electron chi connectivity index (χ0n) is 16.5. The predicted octanol–water partition coefficient (Wildman–Crippen LogP) is 7.42. The normalized spacial score (nSPS) is 13.1. The Labute approximate surface area is 167 Å². The van der Waals surface area contributed by atoms with Gasteiger partial charge in [-0.05, 0) is 86.9 Å². The van der Waals surface area contributed by atoms with Crippen LogP contribution in [-0.4, -0.2) is 0 Å². The molecule has 0 fully saturated rings. The Kier molecular flexibility index (Phi) is 5.29. The minimum Gasteiger partial charge on any atom is -0.356 e. The molecule has 0 heterocycles. The van der Waals surface area contributed by atoms with Crippen molar-refractivity contribution in [2.24, 2.45) is 0 Å². The molecule has 2 nitrogen and oxygen atoms in total. The van der Waals surface area contributed by atoms with E-state index in [-0.39, 0.29) is 0 Å². The standard InChI is InChI=1S/C26H26N2/c1-20-11-15-25(16-12-20)28(24-9-4-3-5-10-24)26-17-13-22(14-18-26)27-23-8-6-7-21(2)19-23/h3-4,6-9,11-19,27H,5,10H2,1-2H3. The summed E-state index contributed by atoms with van der Waals surface area (Å²) in [4.78, 5) is 2.36. The molecular weight excluding hydrogens is 340 g/mol. The maximum absolute atomic E-state index is 3.49. The first-order valence-corrected chi connectivity index (χ1v) is 9.85. The first kappa shape index (κ1) is 18.1. The highest BCUT2D eigenvalue weighted by molar-refractivity contribution is 5.72. The molecule has 0 spiro atoms. The van der Waals surface area contributed by atoms with Crippen LogP contribution in [-0.2, 0) is 0 Å². The summed E-state index contributed by atoms with van der Waals surface area (Å²) in [6.45, 7) is 4.24. The first-order chi connectivity index (χ1) is 13.7. The van der Waals surface area contributed by atoms with Gasteiger partial charge in [-0.3, -0.25) is 0 Å². The molecule has 0 unspecified atom stereocenters. The molecule has 0 saturated heterocycles. The van der Waals surface area contributed by atoms with E-state index in [1.807, 2.05) is 0 Å². The van der Waals surface area contributed by atoms with Gasteiger partial charge in [0.1, 0.15) is 0 Å². The van der Waals surface area contributed by atoms with Crippen molar-refractivity contribution in [1.29, 1.82) is 0 Å². The number of hydrogen-bond donors (Lipinski definition) is 1. The van der Waals surface area contributed by atoms with E-state index in [4.69, 9.17) is 0 Å². The summed E-state index contributed by atoms with van der Waals surface area (Å²) in [7, 11) is 0. The van der Waals surface area contributed by atoms with E-state index in [0.29, 0.717) is 0 Å². The molecule has 3 aromatic rings. The molecule has 4 rings (SSSR count). The third-order valence-corrected chi connectivity index (χ3v) is 5.00. The lowest BCUT2D eigenvalue weighted by Gasteiger charge is -2.29. The molecule has 0 bridgehead atoms. The highest BCUT2D eigenvalue weighted by atomic mass is 15.1. The molecule has 0 atom stereocenters. The Bertz CT molecular complexity index is 995. The zero-order chi connectivity index (χ0) is 19.3. The molecule has 1 N–H and O–H groups in total. The second-order valence-electron chi connectivity index (χ2n) is 7.34. The van der Waals surface area contributed by atoms with E-state index in [1.54, 1.807) is 0 Å². The summed E-state index contributed by atoms with van der Waals surface area (Å²) in [5.41, 5.74) is 8.44. The molecule has 0 saturated carbocycles. The minimum atomic E-state index is 1.05. The molecule has 1 aliphatic carbocycles. The molecule has 1 aliphatic rings. The Balaban J connectivity index is 1.63. The molecule has 3 aromatic carbocycles. The summed E-state index contributed by atoms with van der Waals surface area (Å²) in [5, 5.41) is 3.49. The van der Waals surface area contributed by atoms with Crippen LogP contribution in [0.4, 0.5) is 22.7 Å². The Morgan fingerprint density at radius 3 is 2.11 bits per heavy atom. The van der Waals surface area contributed by atoms with Crippen LogP contribution < -0.4 is 10.2 Å². The summed E-state index contributed by atoms with van der Waals surface area (Å²) < 4.78 is 0.